The third-order valence-electron chi connectivity index (χ3n) is 2.29. The van der Waals surface area contributed by atoms with Gasteiger partial charge >= 0.3 is 0 Å². The molecule has 0 aliphatic rings. The summed E-state index contributed by atoms with van der Waals surface area (Å²) in [5.74, 6) is -0.141. The largest absolute Gasteiger partial charge is 0.370 e. The lowest BCUT2D eigenvalue weighted by Crippen LogP contribution is -2.15. The summed E-state index contributed by atoms with van der Waals surface area (Å²) in [6.45, 7) is 2.02. The Morgan fingerprint density at radius 3 is 2.64 bits per heavy atom. The number of rotatable bonds is 4. The summed E-state index contributed by atoms with van der Waals surface area (Å²) in [5, 5.41) is 0.709. The van der Waals surface area contributed by atoms with E-state index in [1.165, 1.54) is 0 Å². The van der Waals surface area contributed by atoms with Gasteiger partial charge in [0.25, 0.3) is 0 Å². The lowest BCUT2D eigenvalue weighted by Gasteiger charge is -2.14. The maximum atomic E-state index is 10.8. The predicted octanol–water partition coefficient (Wildman–Crippen LogP) is 2.71. The van der Waals surface area contributed by atoms with Crippen molar-refractivity contribution in [2.75, 3.05) is 0 Å². The van der Waals surface area contributed by atoms with E-state index in [-0.39, 0.29) is 11.8 Å². The third kappa shape index (κ3) is 2.74. The molecular weight excluding hydrogens is 198 g/mol. The van der Waals surface area contributed by atoms with Crippen LogP contribution in [-0.2, 0) is 4.79 Å². The van der Waals surface area contributed by atoms with E-state index in [9.17, 15) is 4.79 Å². The van der Waals surface area contributed by atoms with Crippen LogP contribution in [0.15, 0.2) is 24.3 Å². The van der Waals surface area contributed by atoms with Crippen LogP contribution in [0.3, 0.4) is 0 Å². The van der Waals surface area contributed by atoms with E-state index in [0.29, 0.717) is 11.4 Å². The molecule has 0 heterocycles. The van der Waals surface area contributed by atoms with E-state index in [4.69, 9.17) is 17.3 Å². The van der Waals surface area contributed by atoms with Crippen molar-refractivity contribution in [3.8, 4) is 0 Å². The molecule has 1 aromatic carbocycles. The molecule has 3 heteroatoms. The van der Waals surface area contributed by atoms with Gasteiger partial charge in [0.05, 0.1) is 0 Å². The highest BCUT2D eigenvalue weighted by Gasteiger charge is 2.14. The number of amides is 1. The summed E-state index contributed by atoms with van der Waals surface area (Å²) < 4.78 is 0. The first-order chi connectivity index (χ1) is 6.65. The highest BCUT2D eigenvalue weighted by molar-refractivity contribution is 6.31. The fraction of sp³-hybridized carbons (Fsp3) is 0.364. The summed E-state index contributed by atoms with van der Waals surface area (Å²) in [5.41, 5.74) is 6.18. The van der Waals surface area contributed by atoms with Crippen LogP contribution in [0, 0.1) is 0 Å². The molecule has 1 atom stereocenters. The Balaban J connectivity index is 2.89. The lowest BCUT2D eigenvalue weighted by molar-refractivity contribution is -0.118. The van der Waals surface area contributed by atoms with Crippen LogP contribution in [-0.4, -0.2) is 5.91 Å². The van der Waals surface area contributed by atoms with Crippen LogP contribution in [0.4, 0.5) is 0 Å². The van der Waals surface area contributed by atoms with Gasteiger partial charge in [0.1, 0.15) is 0 Å². The van der Waals surface area contributed by atoms with Gasteiger partial charge in [-0.15, -0.1) is 0 Å². The molecule has 0 bridgehead atoms. The van der Waals surface area contributed by atoms with Crippen molar-refractivity contribution < 1.29 is 4.79 Å². The van der Waals surface area contributed by atoms with Gasteiger partial charge in [-0.1, -0.05) is 36.7 Å². The van der Waals surface area contributed by atoms with Crippen LogP contribution in [0.1, 0.15) is 31.2 Å². The summed E-state index contributed by atoms with van der Waals surface area (Å²) in [7, 11) is 0. The molecule has 14 heavy (non-hydrogen) atoms. The summed E-state index contributed by atoms with van der Waals surface area (Å²) >= 11 is 6.03. The van der Waals surface area contributed by atoms with E-state index in [0.717, 1.165) is 12.0 Å². The number of primary amides is 1. The van der Waals surface area contributed by atoms with Crippen LogP contribution in [0.25, 0.3) is 0 Å². The fourth-order valence-electron chi connectivity index (χ4n) is 1.52. The van der Waals surface area contributed by atoms with Gasteiger partial charge in [0.2, 0.25) is 5.91 Å². The van der Waals surface area contributed by atoms with Crippen molar-refractivity contribution in [3.63, 3.8) is 0 Å². The molecule has 2 N–H and O–H groups in total. The molecule has 1 unspecified atom stereocenters. The quantitative estimate of drug-likeness (QED) is 0.818. The number of hydrogen-bond donors (Lipinski definition) is 1. The molecule has 1 aromatic rings. The van der Waals surface area contributed by atoms with Gasteiger partial charge in [-0.25, -0.2) is 0 Å². The van der Waals surface area contributed by atoms with Gasteiger partial charge in [-0.3, -0.25) is 4.79 Å². The molecule has 76 valence electrons. The normalized spacial score (nSPS) is 12.4. The molecule has 1 rings (SSSR count). The number of nitrogens with two attached hydrogens (primary N) is 1. The smallest absolute Gasteiger partial charge is 0.218 e. The SMILES string of the molecule is CCC(CC(N)=O)c1ccccc1Cl. The van der Waals surface area contributed by atoms with Gasteiger partial charge < -0.3 is 5.73 Å². The third-order valence-corrected chi connectivity index (χ3v) is 2.63. The van der Waals surface area contributed by atoms with E-state index < -0.39 is 0 Å². The molecule has 1 amide bonds. The van der Waals surface area contributed by atoms with Crippen molar-refractivity contribution >= 4 is 17.5 Å². The Labute approximate surface area is 89.1 Å². The summed E-state index contributed by atoms with van der Waals surface area (Å²) in [6, 6.07) is 7.58. The zero-order chi connectivity index (χ0) is 10.6. The Kier molecular flexibility index (Phi) is 3.96. The molecule has 2 nitrogen and oxygen atoms in total. The molecule has 0 spiro atoms. The van der Waals surface area contributed by atoms with Gasteiger partial charge in [0.15, 0.2) is 0 Å². The Hall–Kier alpha value is -1.02. The van der Waals surface area contributed by atoms with Gasteiger partial charge in [-0.2, -0.15) is 0 Å². The average Bonchev–Trinajstić information content (AvgIpc) is 2.15. The predicted molar refractivity (Wildman–Crippen MR) is 58.3 cm³/mol. The lowest BCUT2D eigenvalue weighted by atomic mass is 9.93. The maximum Gasteiger partial charge on any atom is 0.218 e. The summed E-state index contributed by atoms with van der Waals surface area (Å²) in [6.07, 6.45) is 1.23. The number of halogens is 1. The van der Waals surface area contributed by atoms with Crippen molar-refractivity contribution in [2.45, 2.75) is 25.7 Å². The Morgan fingerprint density at radius 1 is 1.50 bits per heavy atom. The van der Waals surface area contributed by atoms with Crippen molar-refractivity contribution in [3.05, 3.63) is 34.9 Å². The second kappa shape index (κ2) is 5.01. The highest BCUT2D eigenvalue weighted by atomic mass is 35.5. The number of benzene rings is 1. The van der Waals surface area contributed by atoms with Crippen LogP contribution in [0.5, 0.6) is 0 Å². The number of carbonyl (C=O) groups is 1. The first-order valence-corrected chi connectivity index (χ1v) is 5.05. The zero-order valence-electron chi connectivity index (χ0n) is 8.16. The van der Waals surface area contributed by atoms with E-state index >= 15 is 0 Å². The standard InChI is InChI=1S/C11H14ClNO/c1-2-8(7-11(13)14)9-5-3-4-6-10(9)12/h3-6,8H,2,7H2,1H3,(H2,13,14). The van der Waals surface area contributed by atoms with Crippen molar-refractivity contribution in [1.82, 2.24) is 0 Å². The highest BCUT2D eigenvalue weighted by Crippen LogP contribution is 2.28. The fourth-order valence-corrected chi connectivity index (χ4v) is 1.81. The molecule has 0 radical (unpaired) electrons. The van der Waals surface area contributed by atoms with Gasteiger partial charge in [0, 0.05) is 11.4 Å². The van der Waals surface area contributed by atoms with Crippen molar-refractivity contribution in [1.29, 1.82) is 0 Å². The first kappa shape index (κ1) is 11.1. The second-order valence-corrected chi connectivity index (χ2v) is 3.70. The van der Waals surface area contributed by atoms with E-state index in [2.05, 4.69) is 0 Å². The minimum Gasteiger partial charge on any atom is -0.370 e. The molecule has 0 aliphatic carbocycles. The minimum absolute atomic E-state index is 0.140. The minimum atomic E-state index is -0.281. The second-order valence-electron chi connectivity index (χ2n) is 3.30. The average molecular weight is 212 g/mol. The Bertz CT molecular complexity index is 325. The Morgan fingerprint density at radius 2 is 2.14 bits per heavy atom. The molecule has 0 aromatic heterocycles. The molecule has 0 saturated carbocycles. The molecule has 0 aliphatic heterocycles. The monoisotopic (exact) mass is 211 g/mol. The number of hydrogen-bond acceptors (Lipinski definition) is 1. The molecule has 0 fully saturated rings. The van der Waals surface area contributed by atoms with Crippen LogP contribution in [0.2, 0.25) is 5.02 Å². The molecular formula is C11H14ClNO. The summed E-state index contributed by atoms with van der Waals surface area (Å²) in [4.78, 5) is 10.8. The zero-order valence-corrected chi connectivity index (χ0v) is 8.92. The van der Waals surface area contributed by atoms with Crippen LogP contribution >= 0.6 is 11.6 Å². The first-order valence-electron chi connectivity index (χ1n) is 4.67. The molecule has 0 saturated heterocycles. The van der Waals surface area contributed by atoms with Gasteiger partial charge in [-0.05, 0) is 24.0 Å². The maximum absolute atomic E-state index is 10.8. The van der Waals surface area contributed by atoms with E-state index in [1.807, 2.05) is 31.2 Å². The van der Waals surface area contributed by atoms with E-state index in [1.54, 1.807) is 0 Å². The van der Waals surface area contributed by atoms with Crippen molar-refractivity contribution in [2.24, 2.45) is 5.73 Å². The topological polar surface area (TPSA) is 43.1 Å². The van der Waals surface area contributed by atoms with Crippen LogP contribution < -0.4 is 5.73 Å². The number of carbonyl (C=O) groups excluding carboxylic acids is 1.